The van der Waals surface area contributed by atoms with Gasteiger partial charge in [-0.05, 0) is 38.5 Å². The van der Waals surface area contributed by atoms with Gasteiger partial charge in [-0.25, -0.2) is 4.98 Å². The Labute approximate surface area is 142 Å². The van der Waals surface area contributed by atoms with Crippen LogP contribution in [-0.4, -0.2) is 15.3 Å². The van der Waals surface area contributed by atoms with E-state index in [1.165, 1.54) is 29.2 Å². The minimum absolute atomic E-state index is 0.0757. The molecule has 1 aromatic carbocycles. The number of benzene rings is 1. The average molecular weight is 347 g/mol. The van der Waals surface area contributed by atoms with Crippen molar-refractivity contribution in [2.24, 2.45) is 0 Å². The Kier molecular flexibility index (Phi) is 4.08. The van der Waals surface area contributed by atoms with E-state index in [0.717, 1.165) is 16.0 Å². The molecule has 4 nitrogen and oxygen atoms in total. The molecule has 1 atom stereocenters. The van der Waals surface area contributed by atoms with E-state index in [4.69, 9.17) is 11.6 Å². The Morgan fingerprint density at radius 3 is 2.57 bits per heavy atom. The Hall–Kier alpha value is -1.98. The van der Waals surface area contributed by atoms with E-state index in [0.29, 0.717) is 15.2 Å². The molecule has 0 saturated heterocycles. The number of halogens is 1. The molecule has 0 aliphatic heterocycles. The van der Waals surface area contributed by atoms with Gasteiger partial charge in [-0.15, -0.1) is 11.3 Å². The second-order valence-electron chi connectivity index (χ2n) is 5.46. The zero-order valence-electron chi connectivity index (χ0n) is 13.0. The molecule has 0 radical (unpaired) electrons. The maximum Gasteiger partial charge on any atom is 0.263 e. The number of rotatable bonds is 3. The minimum Gasteiger partial charge on any atom is -0.298 e. The summed E-state index contributed by atoms with van der Waals surface area (Å²) < 4.78 is 1.40. The maximum atomic E-state index is 12.9. The first-order valence-corrected chi connectivity index (χ1v) is 8.36. The van der Waals surface area contributed by atoms with Crippen molar-refractivity contribution in [1.82, 2.24) is 9.55 Å². The van der Waals surface area contributed by atoms with Gasteiger partial charge in [-0.2, -0.15) is 0 Å². The van der Waals surface area contributed by atoms with Crippen LogP contribution in [0.25, 0.3) is 21.3 Å². The van der Waals surface area contributed by atoms with E-state index in [2.05, 4.69) is 4.98 Å². The second kappa shape index (κ2) is 5.91. The Bertz CT molecular complexity index is 957. The molecule has 0 N–H and O–H groups in total. The molecule has 0 fully saturated rings. The van der Waals surface area contributed by atoms with Crippen molar-refractivity contribution in [3.05, 3.63) is 50.8 Å². The highest BCUT2D eigenvalue weighted by atomic mass is 35.5. The van der Waals surface area contributed by atoms with Gasteiger partial charge in [0.15, 0.2) is 5.78 Å². The van der Waals surface area contributed by atoms with Crippen molar-refractivity contribution < 1.29 is 4.79 Å². The number of aromatic nitrogens is 2. The van der Waals surface area contributed by atoms with Crippen LogP contribution in [0.15, 0.2) is 35.4 Å². The van der Waals surface area contributed by atoms with Crippen molar-refractivity contribution >= 4 is 38.9 Å². The van der Waals surface area contributed by atoms with Crippen molar-refractivity contribution in [3.63, 3.8) is 0 Å². The van der Waals surface area contributed by atoms with Gasteiger partial charge in [0.1, 0.15) is 4.83 Å². The van der Waals surface area contributed by atoms with Crippen LogP contribution in [0, 0.1) is 6.92 Å². The fourth-order valence-corrected chi connectivity index (χ4v) is 3.68. The summed E-state index contributed by atoms with van der Waals surface area (Å²) in [4.78, 5) is 30.6. The largest absolute Gasteiger partial charge is 0.298 e. The summed E-state index contributed by atoms with van der Waals surface area (Å²) in [6.07, 6.45) is 1.46. The molecule has 23 heavy (non-hydrogen) atoms. The van der Waals surface area contributed by atoms with Gasteiger partial charge in [0.05, 0.1) is 17.8 Å². The molecular formula is C17H15ClN2O2S. The number of thiophene rings is 1. The predicted octanol–water partition coefficient (Wildman–Crippen LogP) is 4.24. The topological polar surface area (TPSA) is 52.0 Å². The standard InChI is InChI=1S/C17H15ClN2O2S/c1-9(10(2)21)20-8-19-16-15(17(20)22)14(11(3)23-16)12-4-6-13(18)7-5-12/h4-9H,1-3H3/t9-/m0/s1. The van der Waals surface area contributed by atoms with E-state index in [-0.39, 0.29) is 11.3 Å². The van der Waals surface area contributed by atoms with E-state index in [1.54, 1.807) is 19.1 Å². The lowest BCUT2D eigenvalue weighted by Gasteiger charge is -2.11. The quantitative estimate of drug-likeness (QED) is 0.712. The van der Waals surface area contributed by atoms with Gasteiger partial charge in [0, 0.05) is 15.5 Å². The molecule has 0 amide bonds. The molecule has 0 spiro atoms. The molecule has 0 saturated carbocycles. The molecule has 0 bridgehead atoms. The van der Waals surface area contributed by atoms with Gasteiger partial charge in [0.25, 0.3) is 5.56 Å². The smallest absolute Gasteiger partial charge is 0.263 e. The Morgan fingerprint density at radius 1 is 1.30 bits per heavy atom. The van der Waals surface area contributed by atoms with Gasteiger partial charge < -0.3 is 0 Å². The monoisotopic (exact) mass is 346 g/mol. The predicted molar refractivity (Wildman–Crippen MR) is 94.5 cm³/mol. The summed E-state index contributed by atoms with van der Waals surface area (Å²) in [7, 11) is 0. The van der Waals surface area contributed by atoms with Crippen LogP contribution in [0.2, 0.25) is 5.02 Å². The van der Waals surface area contributed by atoms with Crippen LogP contribution in [0.4, 0.5) is 0 Å². The van der Waals surface area contributed by atoms with Crippen molar-refractivity contribution in [3.8, 4) is 11.1 Å². The Balaban J connectivity index is 2.32. The highest BCUT2D eigenvalue weighted by Gasteiger charge is 2.20. The SMILES string of the molecule is CC(=O)[C@H](C)n1cnc2sc(C)c(-c3ccc(Cl)cc3)c2c1=O. The van der Waals surface area contributed by atoms with Crippen LogP contribution >= 0.6 is 22.9 Å². The second-order valence-corrected chi connectivity index (χ2v) is 7.10. The normalized spacial score (nSPS) is 12.5. The van der Waals surface area contributed by atoms with Crippen molar-refractivity contribution in [1.29, 1.82) is 0 Å². The molecule has 0 unspecified atom stereocenters. The fourth-order valence-electron chi connectivity index (χ4n) is 2.55. The number of hydrogen-bond acceptors (Lipinski definition) is 4. The van der Waals surface area contributed by atoms with Gasteiger partial charge in [-0.1, -0.05) is 23.7 Å². The van der Waals surface area contributed by atoms with E-state index >= 15 is 0 Å². The van der Waals surface area contributed by atoms with Crippen molar-refractivity contribution in [2.45, 2.75) is 26.8 Å². The fraction of sp³-hybridized carbons (Fsp3) is 0.235. The molecule has 0 aliphatic rings. The van der Waals surface area contributed by atoms with E-state index in [9.17, 15) is 9.59 Å². The summed E-state index contributed by atoms with van der Waals surface area (Å²) >= 11 is 7.43. The highest BCUT2D eigenvalue weighted by Crippen LogP contribution is 2.35. The number of carbonyl (C=O) groups is 1. The summed E-state index contributed by atoms with van der Waals surface area (Å²) in [5, 5.41) is 1.21. The lowest BCUT2D eigenvalue weighted by atomic mass is 10.0. The van der Waals surface area contributed by atoms with Gasteiger partial charge in [-0.3, -0.25) is 14.2 Å². The number of ketones is 1. The lowest BCUT2D eigenvalue weighted by Crippen LogP contribution is -2.27. The molecule has 0 aliphatic carbocycles. The third kappa shape index (κ3) is 2.71. The lowest BCUT2D eigenvalue weighted by molar-refractivity contribution is -0.119. The highest BCUT2D eigenvalue weighted by molar-refractivity contribution is 7.19. The molecule has 3 aromatic rings. The molecule has 6 heteroatoms. The number of hydrogen-bond donors (Lipinski definition) is 0. The van der Waals surface area contributed by atoms with Gasteiger partial charge >= 0.3 is 0 Å². The maximum absolute atomic E-state index is 12.9. The molecular weight excluding hydrogens is 332 g/mol. The third-order valence-electron chi connectivity index (χ3n) is 3.95. The number of carbonyl (C=O) groups excluding carboxylic acids is 1. The van der Waals surface area contributed by atoms with Crippen LogP contribution in [0.3, 0.4) is 0 Å². The third-order valence-corrected chi connectivity index (χ3v) is 5.22. The van der Waals surface area contributed by atoms with Crippen LogP contribution in [0.1, 0.15) is 24.8 Å². The summed E-state index contributed by atoms with van der Waals surface area (Å²) in [5.41, 5.74) is 1.60. The van der Waals surface area contributed by atoms with Crippen LogP contribution in [0.5, 0.6) is 0 Å². The Morgan fingerprint density at radius 2 is 1.96 bits per heavy atom. The summed E-state index contributed by atoms with van der Waals surface area (Å²) in [5.74, 6) is -0.0757. The number of fused-ring (bicyclic) bond motifs is 1. The first kappa shape index (κ1) is 15.9. The number of nitrogens with zero attached hydrogens (tertiary/aromatic N) is 2. The van der Waals surface area contributed by atoms with Gasteiger partial charge in [0.2, 0.25) is 0 Å². The summed E-state index contributed by atoms with van der Waals surface area (Å²) in [6.45, 7) is 5.15. The molecule has 2 heterocycles. The number of Topliss-reactive ketones (excluding diaryl/α,β-unsaturated/α-hetero) is 1. The first-order chi connectivity index (χ1) is 10.9. The van der Waals surface area contributed by atoms with Crippen LogP contribution < -0.4 is 5.56 Å². The van der Waals surface area contributed by atoms with E-state index in [1.807, 2.05) is 19.1 Å². The molecule has 118 valence electrons. The van der Waals surface area contributed by atoms with Crippen molar-refractivity contribution in [2.75, 3.05) is 0 Å². The summed E-state index contributed by atoms with van der Waals surface area (Å²) in [6, 6.07) is 6.85. The molecule has 2 aromatic heterocycles. The zero-order chi connectivity index (χ0) is 16.7. The average Bonchev–Trinajstić information content (AvgIpc) is 2.85. The zero-order valence-corrected chi connectivity index (χ0v) is 14.5. The first-order valence-electron chi connectivity index (χ1n) is 7.16. The number of aryl methyl sites for hydroxylation is 1. The molecule has 3 rings (SSSR count). The van der Waals surface area contributed by atoms with E-state index < -0.39 is 6.04 Å². The minimum atomic E-state index is -0.530. The van der Waals surface area contributed by atoms with Crippen LogP contribution in [-0.2, 0) is 4.79 Å².